The summed E-state index contributed by atoms with van der Waals surface area (Å²) in [5.41, 5.74) is 0.573. The molecule has 0 saturated heterocycles. The Morgan fingerprint density at radius 1 is 0.741 bits per heavy atom. The molecule has 0 fully saturated rings. The molecule has 6 heteroatoms. The maximum atomic E-state index is 11.9. The van der Waals surface area contributed by atoms with Gasteiger partial charge in [-0.05, 0) is 17.2 Å². The van der Waals surface area contributed by atoms with E-state index in [0.29, 0.717) is 5.56 Å². The van der Waals surface area contributed by atoms with Crippen molar-refractivity contribution >= 4 is 7.82 Å². The van der Waals surface area contributed by atoms with Crippen LogP contribution in [0.2, 0.25) is 0 Å². The lowest BCUT2D eigenvalue weighted by Gasteiger charge is -2.35. The molecule has 0 spiro atoms. The van der Waals surface area contributed by atoms with Gasteiger partial charge in [-0.15, -0.1) is 0 Å². The van der Waals surface area contributed by atoms with E-state index in [-0.39, 0.29) is 18.6 Å². The lowest BCUT2D eigenvalue weighted by Crippen LogP contribution is -2.34. The predicted octanol–water partition coefficient (Wildman–Crippen LogP) is 4.18. The summed E-state index contributed by atoms with van der Waals surface area (Å²) in [7, 11) is -4.86. The Morgan fingerprint density at radius 2 is 1.19 bits per heavy atom. The summed E-state index contributed by atoms with van der Waals surface area (Å²) in [5, 5.41) is 10.5. The minimum absolute atomic E-state index is 0.0715. The molecule has 0 heterocycles. The van der Waals surface area contributed by atoms with E-state index in [2.05, 4.69) is 0 Å². The number of para-hydroxylation sites is 1. The van der Waals surface area contributed by atoms with Gasteiger partial charge in [0.1, 0.15) is 11.4 Å². The zero-order chi connectivity index (χ0) is 19.3. The predicted molar refractivity (Wildman–Crippen MR) is 103 cm³/mol. The summed E-state index contributed by atoms with van der Waals surface area (Å²) in [5.74, 6) is -0.0715. The van der Waals surface area contributed by atoms with Crippen LogP contribution >= 0.6 is 7.82 Å². The molecule has 0 amide bonds. The molecule has 5 nitrogen and oxygen atoms in total. The average molecular weight is 384 g/mol. The van der Waals surface area contributed by atoms with Crippen molar-refractivity contribution in [3.63, 3.8) is 0 Å². The van der Waals surface area contributed by atoms with Gasteiger partial charge in [-0.1, -0.05) is 78.9 Å². The van der Waals surface area contributed by atoms with E-state index in [1.165, 1.54) is 6.07 Å². The van der Waals surface area contributed by atoms with E-state index < -0.39 is 13.4 Å². The molecule has 0 radical (unpaired) electrons. The lowest BCUT2D eigenvalue weighted by molar-refractivity contribution is 0.0286. The molecule has 0 aliphatic carbocycles. The number of hydrogen-bond donors (Lipinski definition) is 3. The third-order valence-electron chi connectivity index (χ3n) is 4.35. The highest BCUT2D eigenvalue weighted by molar-refractivity contribution is 7.46. The molecule has 3 aromatic carbocycles. The molecular weight excluding hydrogens is 363 g/mol. The number of phenols is 1. The molecular formula is C21H21O5P. The third-order valence-corrected chi connectivity index (χ3v) is 4.94. The summed E-state index contributed by atoms with van der Waals surface area (Å²) in [6.45, 7) is 0. The molecule has 3 N–H and O–H groups in total. The molecule has 0 aliphatic heterocycles. The Bertz CT molecular complexity index is 880. The van der Waals surface area contributed by atoms with Crippen molar-refractivity contribution in [2.24, 2.45) is 0 Å². The van der Waals surface area contributed by atoms with Gasteiger partial charge >= 0.3 is 7.82 Å². The van der Waals surface area contributed by atoms with Crippen molar-refractivity contribution in [2.45, 2.75) is 18.4 Å². The first-order chi connectivity index (χ1) is 12.9. The van der Waals surface area contributed by atoms with Crippen LogP contribution < -0.4 is 0 Å². The number of benzene rings is 3. The highest BCUT2D eigenvalue weighted by Gasteiger charge is 2.41. The Kier molecular flexibility index (Phi) is 5.78. The fraction of sp³-hybridized carbons (Fsp3) is 0.143. The van der Waals surface area contributed by atoms with Crippen LogP contribution in [0.1, 0.15) is 16.7 Å². The highest BCUT2D eigenvalue weighted by Crippen LogP contribution is 2.50. The second-order valence-electron chi connectivity index (χ2n) is 6.42. The van der Waals surface area contributed by atoms with Gasteiger partial charge in [-0.3, -0.25) is 4.52 Å². The normalized spacial score (nSPS) is 12.1. The minimum Gasteiger partial charge on any atom is -0.508 e. The van der Waals surface area contributed by atoms with E-state index in [4.69, 9.17) is 4.52 Å². The summed E-state index contributed by atoms with van der Waals surface area (Å²) in [6, 6.07) is 25.1. The van der Waals surface area contributed by atoms with Crippen LogP contribution in [0.5, 0.6) is 5.75 Å². The molecule has 0 saturated carbocycles. The van der Waals surface area contributed by atoms with E-state index >= 15 is 0 Å². The number of rotatable bonds is 7. The first-order valence-electron chi connectivity index (χ1n) is 8.51. The van der Waals surface area contributed by atoms with Gasteiger partial charge in [-0.2, -0.15) is 0 Å². The molecule has 0 unspecified atom stereocenters. The summed E-state index contributed by atoms with van der Waals surface area (Å²) < 4.78 is 17.3. The summed E-state index contributed by atoms with van der Waals surface area (Å²) >= 11 is 0. The molecule has 3 aromatic rings. The SMILES string of the molecule is O=P(O)(O)OC(Cc1ccccc1)(Cc1ccccc1)c1ccccc1O. The molecule has 140 valence electrons. The minimum atomic E-state index is -4.86. The van der Waals surface area contributed by atoms with E-state index in [9.17, 15) is 19.5 Å². The van der Waals surface area contributed by atoms with Crippen molar-refractivity contribution in [3.8, 4) is 5.75 Å². The fourth-order valence-corrected chi connectivity index (χ4v) is 3.99. The van der Waals surface area contributed by atoms with Gasteiger partial charge in [0.2, 0.25) is 0 Å². The molecule has 0 bridgehead atoms. The molecule has 0 aromatic heterocycles. The van der Waals surface area contributed by atoms with Crippen molar-refractivity contribution in [1.29, 1.82) is 0 Å². The highest BCUT2D eigenvalue weighted by atomic mass is 31.2. The smallest absolute Gasteiger partial charge is 0.470 e. The number of hydrogen-bond acceptors (Lipinski definition) is 3. The second-order valence-corrected chi connectivity index (χ2v) is 7.58. The van der Waals surface area contributed by atoms with Gasteiger partial charge in [-0.25, -0.2) is 4.57 Å². The largest absolute Gasteiger partial charge is 0.508 e. The topological polar surface area (TPSA) is 87.0 Å². The Morgan fingerprint density at radius 3 is 1.63 bits per heavy atom. The fourth-order valence-electron chi connectivity index (χ4n) is 3.30. The number of aromatic hydroxyl groups is 1. The van der Waals surface area contributed by atoms with Crippen LogP contribution in [0.15, 0.2) is 84.9 Å². The van der Waals surface area contributed by atoms with Crippen molar-refractivity contribution in [3.05, 3.63) is 102 Å². The molecule has 0 aliphatic rings. The van der Waals surface area contributed by atoms with Gasteiger partial charge in [0.05, 0.1) is 0 Å². The lowest BCUT2D eigenvalue weighted by atomic mass is 9.81. The number of phenolic OH excluding ortho intramolecular Hbond substituents is 1. The van der Waals surface area contributed by atoms with E-state index in [1.54, 1.807) is 18.2 Å². The van der Waals surface area contributed by atoms with Crippen LogP contribution in [-0.2, 0) is 27.5 Å². The van der Waals surface area contributed by atoms with Crippen molar-refractivity contribution < 1.29 is 24.0 Å². The summed E-state index contributed by atoms with van der Waals surface area (Å²) in [4.78, 5) is 19.3. The van der Waals surface area contributed by atoms with Gasteiger partial charge in [0, 0.05) is 18.4 Å². The zero-order valence-corrected chi connectivity index (χ0v) is 15.5. The first kappa shape index (κ1) is 19.3. The van der Waals surface area contributed by atoms with Crippen LogP contribution in [0.4, 0.5) is 0 Å². The van der Waals surface area contributed by atoms with Gasteiger partial charge < -0.3 is 14.9 Å². The maximum Gasteiger partial charge on any atom is 0.470 e. The van der Waals surface area contributed by atoms with Crippen LogP contribution in [0.25, 0.3) is 0 Å². The summed E-state index contributed by atoms with van der Waals surface area (Å²) in [6.07, 6.45) is 0.372. The Hall–Kier alpha value is -2.43. The maximum absolute atomic E-state index is 11.9. The number of phosphoric ester groups is 1. The molecule has 27 heavy (non-hydrogen) atoms. The molecule has 0 atom stereocenters. The average Bonchev–Trinajstić information content (AvgIpc) is 2.62. The van der Waals surface area contributed by atoms with Crippen molar-refractivity contribution in [1.82, 2.24) is 0 Å². The monoisotopic (exact) mass is 384 g/mol. The second kappa shape index (κ2) is 8.07. The standard InChI is InChI=1S/C21H21O5P/c22-20-14-8-7-13-19(20)21(26-27(23,24)25,15-17-9-3-1-4-10-17)16-18-11-5-2-6-12-18/h1-14,22H,15-16H2,(H2,23,24,25). The van der Waals surface area contributed by atoms with Crippen LogP contribution in [-0.4, -0.2) is 14.9 Å². The van der Waals surface area contributed by atoms with Crippen LogP contribution in [0.3, 0.4) is 0 Å². The van der Waals surface area contributed by atoms with E-state index in [1.807, 2.05) is 60.7 Å². The van der Waals surface area contributed by atoms with Gasteiger partial charge in [0.25, 0.3) is 0 Å². The zero-order valence-electron chi connectivity index (χ0n) is 14.6. The quantitative estimate of drug-likeness (QED) is 0.532. The number of phosphoric acid groups is 1. The van der Waals surface area contributed by atoms with Crippen molar-refractivity contribution in [2.75, 3.05) is 0 Å². The Labute approximate surface area is 158 Å². The first-order valence-corrected chi connectivity index (χ1v) is 10.0. The van der Waals surface area contributed by atoms with E-state index in [0.717, 1.165) is 11.1 Å². The van der Waals surface area contributed by atoms with Gasteiger partial charge in [0.15, 0.2) is 0 Å². The third kappa shape index (κ3) is 5.06. The molecule has 3 rings (SSSR count). The van der Waals surface area contributed by atoms with Crippen LogP contribution in [0, 0.1) is 0 Å². The Balaban J connectivity index is 2.16.